The Bertz CT molecular complexity index is 178. The molecule has 0 aliphatic carbocycles. The third-order valence-electron chi connectivity index (χ3n) is 1.43. The first-order valence-corrected chi connectivity index (χ1v) is 7.35. The second-order valence-electron chi connectivity index (χ2n) is 2.35. The quantitative estimate of drug-likeness (QED) is 0.432. The van der Waals surface area contributed by atoms with Gasteiger partial charge in [0.05, 0.1) is 0 Å². The third kappa shape index (κ3) is 5.05. The van der Waals surface area contributed by atoms with E-state index in [2.05, 4.69) is 38.1 Å². The minimum atomic E-state index is -0.111. The Kier molecular flexibility index (Phi) is 6.28. The molecule has 0 N–H and O–H groups in total. The molecular weight excluding hydrogens is 172 g/mol. The highest BCUT2D eigenvalue weighted by Gasteiger charge is 1.83. The molecule has 0 aliphatic heterocycles. The third-order valence-corrected chi connectivity index (χ3v) is 1.43. The van der Waals surface area contributed by atoms with Crippen LogP contribution in [-0.4, -0.2) is 8.83 Å². The average Bonchev–Trinajstić information content (AvgIpc) is 1.97. The second-order valence-corrected chi connectivity index (χ2v) is 4.49. The maximum atomic E-state index is 5.14. The van der Waals surface area contributed by atoms with Crippen molar-refractivity contribution in [1.29, 1.82) is 0 Å². The molecule has 0 bridgehead atoms. The molecule has 0 amide bonds. The normalized spacial score (nSPS) is 9.45. The first kappa shape index (κ1) is 10.7. The first-order chi connectivity index (χ1) is 5.22. The van der Waals surface area contributed by atoms with Crippen molar-refractivity contribution in [2.24, 2.45) is 0 Å². The van der Waals surface area contributed by atoms with E-state index in [1.165, 1.54) is 11.1 Å². The lowest BCUT2D eigenvalue weighted by atomic mass is 10.1. The highest BCUT2D eigenvalue weighted by atomic mass is 35.6. The van der Waals surface area contributed by atoms with E-state index in [0.717, 1.165) is 0 Å². The molecule has 0 saturated heterocycles. The molecule has 1 aromatic rings. The minimum absolute atomic E-state index is 0.111. The van der Waals surface area contributed by atoms with Crippen molar-refractivity contribution in [1.82, 2.24) is 0 Å². The Morgan fingerprint density at radius 2 is 1.36 bits per heavy atom. The molecule has 0 atom stereocenters. The number of halogens is 1. The summed E-state index contributed by atoms with van der Waals surface area (Å²) < 4.78 is 0. The van der Waals surface area contributed by atoms with Gasteiger partial charge in [-0.1, -0.05) is 30.8 Å². The molecule has 2 heteroatoms. The number of aryl methyl sites for hydroxylation is 2. The predicted octanol–water partition coefficient (Wildman–Crippen LogP) is 2.66. The molecule has 0 saturated carbocycles. The number of hydrogen-bond donors (Lipinski definition) is 0. The van der Waals surface area contributed by atoms with Gasteiger partial charge in [-0.3, -0.25) is 0 Å². The Morgan fingerprint density at radius 3 is 1.55 bits per heavy atom. The molecule has 11 heavy (non-hydrogen) atoms. The van der Waals surface area contributed by atoms with Crippen LogP contribution in [0.5, 0.6) is 0 Å². The zero-order valence-electron chi connectivity index (χ0n) is 7.39. The summed E-state index contributed by atoms with van der Waals surface area (Å²) in [5, 5.41) is 0. The van der Waals surface area contributed by atoms with Gasteiger partial charge in [0.15, 0.2) is 0 Å². The van der Waals surface area contributed by atoms with Crippen molar-refractivity contribution < 1.29 is 0 Å². The van der Waals surface area contributed by atoms with Gasteiger partial charge in [-0.2, -0.15) is 11.1 Å². The number of benzene rings is 1. The Labute approximate surface area is 76.1 Å². The molecule has 1 aromatic carbocycles. The maximum Gasteiger partial charge on any atom is 0.122 e. The van der Waals surface area contributed by atoms with Crippen LogP contribution in [0.1, 0.15) is 11.1 Å². The molecule has 0 heterocycles. The van der Waals surface area contributed by atoms with Crippen LogP contribution in [0.25, 0.3) is 0 Å². The van der Waals surface area contributed by atoms with Gasteiger partial charge in [0.2, 0.25) is 0 Å². The Hall–Kier alpha value is -0.273. The molecular formula is C9H15ClSi. The Balaban J connectivity index is 0.000000292. The monoisotopic (exact) mass is 186 g/mol. The van der Waals surface area contributed by atoms with Gasteiger partial charge in [-0.25, -0.2) is 0 Å². The van der Waals surface area contributed by atoms with Crippen molar-refractivity contribution in [2.45, 2.75) is 20.4 Å². The van der Waals surface area contributed by atoms with E-state index in [9.17, 15) is 0 Å². The van der Waals surface area contributed by atoms with E-state index >= 15 is 0 Å². The molecule has 62 valence electrons. The van der Waals surface area contributed by atoms with Crippen LogP contribution in [0.15, 0.2) is 24.3 Å². The Morgan fingerprint density at radius 1 is 1.09 bits per heavy atom. The standard InChI is InChI=1S/C8H10.CH5ClSi/c1-7-5-3-4-6-8(7)2;1-3-2/h3-6H,1-2H3;3H2,1H3. The number of hydrogen-bond acceptors (Lipinski definition) is 0. The van der Waals surface area contributed by atoms with E-state index in [4.69, 9.17) is 11.1 Å². The van der Waals surface area contributed by atoms with Gasteiger partial charge in [0, 0.05) is 0 Å². The predicted molar refractivity (Wildman–Crippen MR) is 56.2 cm³/mol. The molecule has 0 radical (unpaired) electrons. The fourth-order valence-corrected chi connectivity index (χ4v) is 0.663. The van der Waals surface area contributed by atoms with E-state index in [-0.39, 0.29) is 8.83 Å². The lowest BCUT2D eigenvalue weighted by Crippen LogP contribution is -1.74. The summed E-state index contributed by atoms with van der Waals surface area (Å²) in [6, 6.07) is 8.36. The lowest BCUT2D eigenvalue weighted by molar-refractivity contribution is 1.34. The summed E-state index contributed by atoms with van der Waals surface area (Å²) in [6.07, 6.45) is 0. The summed E-state index contributed by atoms with van der Waals surface area (Å²) in [5.74, 6) is 0. The van der Waals surface area contributed by atoms with Gasteiger partial charge in [-0.05, 0) is 25.0 Å². The molecule has 0 aromatic heterocycles. The maximum absolute atomic E-state index is 5.14. The van der Waals surface area contributed by atoms with Crippen LogP contribution < -0.4 is 0 Å². The highest BCUT2D eigenvalue weighted by Crippen LogP contribution is 2.02. The van der Waals surface area contributed by atoms with Gasteiger partial charge in [0.25, 0.3) is 0 Å². The summed E-state index contributed by atoms with van der Waals surface area (Å²) in [7, 11) is -0.111. The SMILES string of the molecule is C[SiH2]Cl.Cc1ccccc1C. The van der Waals surface area contributed by atoms with Crippen molar-refractivity contribution in [3.05, 3.63) is 35.4 Å². The van der Waals surface area contributed by atoms with Gasteiger partial charge >= 0.3 is 0 Å². The zero-order chi connectivity index (χ0) is 8.69. The molecule has 0 aliphatic rings. The summed E-state index contributed by atoms with van der Waals surface area (Å²) in [6.45, 7) is 6.27. The molecule has 0 unspecified atom stereocenters. The van der Waals surface area contributed by atoms with Crippen LogP contribution in [0.4, 0.5) is 0 Å². The van der Waals surface area contributed by atoms with Crippen LogP contribution >= 0.6 is 11.1 Å². The van der Waals surface area contributed by atoms with E-state index in [1.54, 1.807) is 0 Å². The van der Waals surface area contributed by atoms with E-state index in [1.807, 2.05) is 6.55 Å². The average molecular weight is 187 g/mol. The van der Waals surface area contributed by atoms with Crippen LogP contribution in [0.2, 0.25) is 6.55 Å². The van der Waals surface area contributed by atoms with Gasteiger partial charge in [0.1, 0.15) is 8.83 Å². The minimum Gasteiger partial charge on any atom is -0.176 e. The van der Waals surface area contributed by atoms with Crippen molar-refractivity contribution in [2.75, 3.05) is 0 Å². The fraction of sp³-hybridized carbons (Fsp3) is 0.333. The smallest absolute Gasteiger partial charge is 0.122 e. The van der Waals surface area contributed by atoms with Crippen molar-refractivity contribution in [3.8, 4) is 0 Å². The fourth-order valence-electron chi connectivity index (χ4n) is 0.663. The van der Waals surface area contributed by atoms with Crippen LogP contribution in [0.3, 0.4) is 0 Å². The largest absolute Gasteiger partial charge is 0.176 e. The summed E-state index contributed by atoms with van der Waals surface area (Å²) >= 11 is 5.14. The second kappa shape index (κ2) is 6.44. The van der Waals surface area contributed by atoms with Crippen molar-refractivity contribution in [3.63, 3.8) is 0 Å². The van der Waals surface area contributed by atoms with Gasteiger partial charge < -0.3 is 0 Å². The molecule has 0 nitrogen and oxygen atoms in total. The van der Waals surface area contributed by atoms with E-state index in [0.29, 0.717) is 0 Å². The highest BCUT2D eigenvalue weighted by molar-refractivity contribution is 6.92. The first-order valence-electron chi connectivity index (χ1n) is 3.80. The lowest BCUT2D eigenvalue weighted by Gasteiger charge is -1.93. The van der Waals surface area contributed by atoms with Crippen LogP contribution in [-0.2, 0) is 0 Å². The summed E-state index contributed by atoms with van der Waals surface area (Å²) in [5.41, 5.74) is 2.74. The number of rotatable bonds is 0. The molecule has 0 fully saturated rings. The molecule has 0 spiro atoms. The topological polar surface area (TPSA) is 0 Å². The molecule has 1 rings (SSSR count). The van der Waals surface area contributed by atoms with Crippen LogP contribution in [0, 0.1) is 13.8 Å². The van der Waals surface area contributed by atoms with E-state index < -0.39 is 0 Å². The zero-order valence-corrected chi connectivity index (χ0v) is 9.56. The van der Waals surface area contributed by atoms with Crippen molar-refractivity contribution >= 4 is 19.9 Å². The van der Waals surface area contributed by atoms with Gasteiger partial charge in [-0.15, -0.1) is 0 Å². The summed E-state index contributed by atoms with van der Waals surface area (Å²) in [4.78, 5) is 0.